The molecule has 2 heterocycles. The third kappa shape index (κ3) is 1.79. The quantitative estimate of drug-likeness (QED) is 0.652. The summed E-state index contributed by atoms with van der Waals surface area (Å²) in [5.41, 5.74) is 6.48. The van der Waals surface area contributed by atoms with Gasteiger partial charge in [-0.05, 0) is 6.92 Å². The molecule has 72 valence electrons. The lowest BCUT2D eigenvalue weighted by Gasteiger charge is -2.00. The number of aryl methyl sites for hydroxylation is 1. The molecule has 0 amide bonds. The Balaban J connectivity index is 2.18. The van der Waals surface area contributed by atoms with Crippen molar-refractivity contribution in [2.45, 2.75) is 6.92 Å². The predicted octanol–water partition coefficient (Wildman–Crippen LogP) is 0.834. The van der Waals surface area contributed by atoms with Crippen LogP contribution >= 0.6 is 0 Å². The molecule has 14 heavy (non-hydrogen) atoms. The lowest BCUT2D eigenvalue weighted by Crippen LogP contribution is -1.97. The maximum atomic E-state index is 5.50. The molecule has 0 bridgehead atoms. The Kier molecular flexibility index (Phi) is 2.02. The van der Waals surface area contributed by atoms with Crippen LogP contribution in [-0.4, -0.2) is 20.2 Å². The summed E-state index contributed by atoms with van der Waals surface area (Å²) < 4.78 is 0. The Labute approximate surface area is 80.6 Å². The highest BCUT2D eigenvalue weighted by Gasteiger charge is 1.99. The maximum absolute atomic E-state index is 5.50. The zero-order chi connectivity index (χ0) is 9.97. The molecule has 0 saturated carbocycles. The van der Waals surface area contributed by atoms with Crippen LogP contribution in [0.15, 0.2) is 18.5 Å². The second kappa shape index (κ2) is 3.33. The third-order valence-electron chi connectivity index (χ3n) is 1.65. The smallest absolute Gasteiger partial charge is 0.153 e. The lowest BCUT2D eigenvalue weighted by molar-refractivity contribution is 1.05. The lowest BCUT2D eigenvalue weighted by atomic mass is 10.4. The summed E-state index contributed by atoms with van der Waals surface area (Å²) in [6.45, 7) is 1.92. The van der Waals surface area contributed by atoms with Crippen molar-refractivity contribution >= 4 is 17.5 Å². The van der Waals surface area contributed by atoms with Crippen molar-refractivity contribution in [3.05, 3.63) is 24.2 Å². The number of aromatic nitrogens is 4. The van der Waals surface area contributed by atoms with Crippen LogP contribution in [0.2, 0.25) is 0 Å². The van der Waals surface area contributed by atoms with Crippen molar-refractivity contribution in [3.8, 4) is 0 Å². The number of hydrogen-bond acceptors (Lipinski definition) is 5. The fourth-order valence-corrected chi connectivity index (χ4v) is 1.05. The number of hydrogen-bond donors (Lipinski definition) is 3. The van der Waals surface area contributed by atoms with Gasteiger partial charge in [-0.15, -0.1) is 0 Å². The number of nitrogen functional groups attached to an aromatic ring is 1. The Morgan fingerprint density at radius 3 is 2.79 bits per heavy atom. The summed E-state index contributed by atoms with van der Waals surface area (Å²) in [6, 6.07) is 3.52. The molecule has 0 spiro atoms. The van der Waals surface area contributed by atoms with E-state index in [4.69, 9.17) is 5.73 Å². The molecule has 2 aromatic heterocycles. The molecule has 2 rings (SSSR count). The van der Waals surface area contributed by atoms with Crippen LogP contribution in [0.25, 0.3) is 0 Å². The highest BCUT2D eigenvalue weighted by atomic mass is 15.2. The number of nitrogens with two attached hydrogens (primary N) is 1. The molecule has 0 unspecified atom stereocenters. The molecule has 2 aromatic rings. The van der Waals surface area contributed by atoms with E-state index in [1.54, 1.807) is 6.07 Å². The summed E-state index contributed by atoms with van der Waals surface area (Å²) in [5.74, 6) is 1.76. The minimum Gasteiger partial charge on any atom is -0.384 e. The first kappa shape index (κ1) is 8.49. The van der Waals surface area contributed by atoms with Crippen LogP contribution < -0.4 is 11.1 Å². The molecule has 0 aliphatic heterocycles. The standard InChI is InChI=1S/C8H10N6/c1-5-2-8(14-13-5)12-7-3-6(9)10-4-11-7/h2-4H,1H3,(H4,9,10,11,12,13,14). The zero-order valence-electron chi connectivity index (χ0n) is 7.65. The van der Waals surface area contributed by atoms with Gasteiger partial charge in [-0.2, -0.15) is 5.10 Å². The molecule has 0 atom stereocenters. The van der Waals surface area contributed by atoms with E-state index in [9.17, 15) is 0 Å². The highest BCUT2D eigenvalue weighted by Crippen LogP contribution is 2.12. The third-order valence-corrected chi connectivity index (χ3v) is 1.65. The Bertz CT molecular complexity index is 435. The molecule has 0 aliphatic rings. The van der Waals surface area contributed by atoms with E-state index in [1.165, 1.54) is 6.33 Å². The number of aromatic amines is 1. The van der Waals surface area contributed by atoms with Crippen LogP contribution in [0.5, 0.6) is 0 Å². The van der Waals surface area contributed by atoms with E-state index >= 15 is 0 Å². The van der Waals surface area contributed by atoms with E-state index in [0.29, 0.717) is 17.5 Å². The Hall–Kier alpha value is -2.11. The number of nitrogens with one attached hydrogen (secondary N) is 2. The first-order chi connectivity index (χ1) is 6.74. The van der Waals surface area contributed by atoms with Gasteiger partial charge >= 0.3 is 0 Å². The molecular formula is C8H10N6. The van der Waals surface area contributed by atoms with Crippen LogP contribution in [-0.2, 0) is 0 Å². The topological polar surface area (TPSA) is 92.5 Å². The summed E-state index contributed by atoms with van der Waals surface area (Å²) in [5, 5.41) is 9.81. The van der Waals surface area contributed by atoms with Gasteiger partial charge in [-0.3, -0.25) is 5.10 Å². The molecule has 6 heteroatoms. The summed E-state index contributed by atoms with van der Waals surface area (Å²) in [7, 11) is 0. The minimum atomic E-state index is 0.426. The van der Waals surface area contributed by atoms with Crippen LogP contribution in [0.3, 0.4) is 0 Å². The summed E-state index contributed by atoms with van der Waals surface area (Å²) in [4.78, 5) is 7.77. The van der Waals surface area contributed by atoms with Crippen molar-refractivity contribution in [2.75, 3.05) is 11.1 Å². The second-order valence-electron chi connectivity index (χ2n) is 2.89. The van der Waals surface area contributed by atoms with E-state index in [0.717, 1.165) is 5.69 Å². The van der Waals surface area contributed by atoms with E-state index in [1.807, 2.05) is 13.0 Å². The van der Waals surface area contributed by atoms with Gasteiger partial charge in [0, 0.05) is 17.8 Å². The van der Waals surface area contributed by atoms with Crippen LogP contribution in [0.1, 0.15) is 5.69 Å². The first-order valence-corrected chi connectivity index (χ1v) is 4.10. The van der Waals surface area contributed by atoms with Gasteiger partial charge in [0.25, 0.3) is 0 Å². The molecule has 0 aromatic carbocycles. The average molecular weight is 190 g/mol. The zero-order valence-corrected chi connectivity index (χ0v) is 7.65. The fourth-order valence-electron chi connectivity index (χ4n) is 1.05. The van der Waals surface area contributed by atoms with Gasteiger partial charge in [-0.25, -0.2) is 9.97 Å². The van der Waals surface area contributed by atoms with E-state index in [2.05, 4.69) is 25.5 Å². The summed E-state index contributed by atoms with van der Waals surface area (Å²) in [6.07, 6.45) is 1.40. The number of anilines is 3. The van der Waals surface area contributed by atoms with Gasteiger partial charge in [0.05, 0.1) is 0 Å². The van der Waals surface area contributed by atoms with Gasteiger partial charge in [0.1, 0.15) is 18.0 Å². The highest BCUT2D eigenvalue weighted by molar-refractivity contribution is 5.54. The normalized spacial score (nSPS) is 10.1. The number of rotatable bonds is 2. The molecule has 6 nitrogen and oxygen atoms in total. The molecule has 0 aliphatic carbocycles. The second-order valence-corrected chi connectivity index (χ2v) is 2.89. The Morgan fingerprint density at radius 1 is 1.29 bits per heavy atom. The van der Waals surface area contributed by atoms with Gasteiger partial charge < -0.3 is 11.1 Å². The number of H-pyrrole nitrogens is 1. The van der Waals surface area contributed by atoms with Gasteiger partial charge in [0.2, 0.25) is 0 Å². The van der Waals surface area contributed by atoms with Crippen molar-refractivity contribution < 1.29 is 0 Å². The van der Waals surface area contributed by atoms with Crippen molar-refractivity contribution in [1.82, 2.24) is 20.2 Å². The van der Waals surface area contributed by atoms with Crippen molar-refractivity contribution in [1.29, 1.82) is 0 Å². The summed E-state index contributed by atoms with van der Waals surface area (Å²) >= 11 is 0. The largest absolute Gasteiger partial charge is 0.384 e. The van der Waals surface area contributed by atoms with E-state index in [-0.39, 0.29) is 0 Å². The maximum Gasteiger partial charge on any atom is 0.153 e. The molecule has 4 N–H and O–H groups in total. The van der Waals surface area contributed by atoms with Crippen LogP contribution in [0.4, 0.5) is 17.5 Å². The van der Waals surface area contributed by atoms with E-state index < -0.39 is 0 Å². The first-order valence-electron chi connectivity index (χ1n) is 4.10. The molecule has 0 saturated heterocycles. The predicted molar refractivity (Wildman–Crippen MR) is 53.1 cm³/mol. The Morgan fingerprint density at radius 2 is 2.14 bits per heavy atom. The molecule has 0 fully saturated rings. The number of nitrogens with zero attached hydrogens (tertiary/aromatic N) is 3. The average Bonchev–Trinajstić information content (AvgIpc) is 2.51. The van der Waals surface area contributed by atoms with Crippen molar-refractivity contribution in [2.24, 2.45) is 0 Å². The molecule has 0 radical (unpaired) electrons. The fraction of sp³-hybridized carbons (Fsp3) is 0.125. The monoisotopic (exact) mass is 190 g/mol. The van der Waals surface area contributed by atoms with Crippen LogP contribution in [0, 0.1) is 6.92 Å². The minimum absolute atomic E-state index is 0.426. The van der Waals surface area contributed by atoms with Crippen molar-refractivity contribution in [3.63, 3.8) is 0 Å². The molecular weight excluding hydrogens is 180 g/mol. The SMILES string of the molecule is Cc1cc(Nc2cc(N)ncn2)n[nH]1. The van der Waals surface area contributed by atoms with Gasteiger partial charge in [0.15, 0.2) is 5.82 Å². The van der Waals surface area contributed by atoms with Gasteiger partial charge in [-0.1, -0.05) is 0 Å².